The quantitative estimate of drug-likeness (QED) is 0.344. The first-order valence-corrected chi connectivity index (χ1v) is 13.2. The minimum Gasteiger partial charge on any atom is -0.486 e. The van der Waals surface area contributed by atoms with Gasteiger partial charge in [-0.05, 0) is 48.7 Å². The van der Waals surface area contributed by atoms with Crippen LogP contribution in [0, 0.1) is 6.92 Å². The van der Waals surface area contributed by atoms with Gasteiger partial charge in [-0.15, -0.1) is 11.3 Å². The number of nitrogens with zero attached hydrogens (tertiary/aromatic N) is 1. The standard InChI is InChI=1S/C29H29N3O3S/c1-19-13-15-21(16-14-19)35-17-27-30-26(18-36-27)29(34)32-25-12-5-4-11-24(25)31-28(33)23-10-6-8-20-7-2-3-9-22(20)23/h2-3,6-10,13-16,18,24-25H,4-5,11-12,17H2,1H3,(H,31,33)(H,32,34). The number of thiazole rings is 1. The Labute approximate surface area is 214 Å². The summed E-state index contributed by atoms with van der Waals surface area (Å²) in [5, 5.41) is 10.8. The van der Waals surface area contributed by atoms with Crippen molar-refractivity contribution in [2.75, 3.05) is 0 Å². The van der Waals surface area contributed by atoms with Crippen molar-refractivity contribution in [1.29, 1.82) is 0 Å². The first kappa shape index (κ1) is 24.0. The normalized spacial score (nSPS) is 17.5. The molecule has 0 saturated heterocycles. The van der Waals surface area contributed by atoms with Crippen LogP contribution in [0.4, 0.5) is 0 Å². The third-order valence-corrected chi connectivity index (χ3v) is 7.42. The molecule has 2 amide bonds. The number of hydrogen-bond acceptors (Lipinski definition) is 5. The number of aryl methyl sites for hydroxylation is 1. The number of benzene rings is 3. The molecule has 2 unspecified atom stereocenters. The molecule has 36 heavy (non-hydrogen) atoms. The summed E-state index contributed by atoms with van der Waals surface area (Å²) in [7, 11) is 0. The molecule has 1 fully saturated rings. The molecule has 0 spiro atoms. The van der Waals surface area contributed by atoms with Crippen molar-refractivity contribution in [2.24, 2.45) is 0 Å². The van der Waals surface area contributed by atoms with Gasteiger partial charge in [-0.25, -0.2) is 4.98 Å². The Kier molecular flexibility index (Phi) is 7.28. The molecule has 2 N–H and O–H groups in total. The Morgan fingerprint density at radius 2 is 1.61 bits per heavy atom. The number of nitrogens with one attached hydrogen (secondary N) is 2. The summed E-state index contributed by atoms with van der Waals surface area (Å²) < 4.78 is 5.79. The maximum Gasteiger partial charge on any atom is 0.271 e. The van der Waals surface area contributed by atoms with Crippen LogP contribution >= 0.6 is 11.3 Å². The summed E-state index contributed by atoms with van der Waals surface area (Å²) in [6, 6.07) is 21.2. The summed E-state index contributed by atoms with van der Waals surface area (Å²) in [4.78, 5) is 30.7. The van der Waals surface area contributed by atoms with Gasteiger partial charge in [-0.2, -0.15) is 0 Å². The number of carbonyl (C=O) groups is 2. The van der Waals surface area contributed by atoms with Crippen LogP contribution < -0.4 is 15.4 Å². The third-order valence-electron chi connectivity index (χ3n) is 6.60. The largest absolute Gasteiger partial charge is 0.486 e. The average Bonchev–Trinajstić information content (AvgIpc) is 3.38. The van der Waals surface area contributed by atoms with Gasteiger partial charge < -0.3 is 15.4 Å². The van der Waals surface area contributed by atoms with E-state index in [1.807, 2.05) is 73.7 Å². The lowest BCUT2D eigenvalue weighted by Gasteiger charge is -2.32. The Morgan fingerprint density at radius 3 is 2.39 bits per heavy atom. The van der Waals surface area contributed by atoms with Crippen LogP contribution in [0.25, 0.3) is 10.8 Å². The molecular weight excluding hydrogens is 470 g/mol. The van der Waals surface area contributed by atoms with Crippen LogP contribution in [0.5, 0.6) is 5.75 Å². The second-order valence-electron chi connectivity index (χ2n) is 9.20. The predicted octanol–water partition coefficient (Wildman–Crippen LogP) is 5.65. The van der Waals surface area contributed by atoms with Crippen molar-refractivity contribution in [3.8, 4) is 5.75 Å². The monoisotopic (exact) mass is 499 g/mol. The van der Waals surface area contributed by atoms with Gasteiger partial charge in [0.2, 0.25) is 0 Å². The minimum atomic E-state index is -0.218. The van der Waals surface area contributed by atoms with E-state index in [4.69, 9.17) is 4.74 Å². The van der Waals surface area contributed by atoms with Crippen molar-refractivity contribution in [3.05, 3.63) is 93.9 Å². The van der Waals surface area contributed by atoms with Crippen LogP contribution in [0.3, 0.4) is 0 Å². The van der Waals surface area contributed by atoms with E-state index in [1.54, 1.807) is 5.38 Å². The van der Waals surface area contributed by atoms with E-state index in [-0.39, 0.29) is 23.9 Å². The second kappa shape index (κ2) is 10.9. The van der Waals surface area contributed by atoms with Gasteiger partial charge in [0.15, 0.2) is 0 Å². The van der Waals surface area contributed by atoms with E-state index in [2.05, 4.69) is 15.6 Å². The zero-order chi connectivity index (χ0) is 24.9. The van der Waals surface area contributed by atoms with Crippen LogP contribution in [-0.4, -0.2) is 28.9 Å². The van der Waals surface area contributed by atoms with Crippen molar-refractivity contribution >= 4 is 33.9 Å². The molecule has 5 rings (SSSR count). The minimum absolute atomic E-state index is 0.109. The van der Waals surface area contributed by atoms with E-state index in [9.17, 15) is 9.59 Å². The van der Waals surface area contributed by atoms with Crippen molar-refractivity contribution < 1.29 is 14.3 Å². The topological polar surface area (TPSA) is 80.3 Å². The average molecular weight is 500 g/mol. The first-order chi connectivity index (χ1) is 17.6. The first-order valence-electron chi connectivity index (χ1n) is 12.3. The molecule has 6 nitrogen and oxygen atoms in total. The number of rotatable bonds is 7. The summed E-state index contributed by atoms with van der Waals surface area (Å²) >= 11 is 1.41. The molecule has 184 valence electrons. The number of hydrogen-bond donors (Lipinski definition) is 2. The summed E-state index contributed by atoms with van der Waals surface area (Å²) in [5.41, 5.74) is 2.21. The molecule has 0 aliphatic heterocycles. The van der Waals surface area contributed by atoms with Crippen molar-refractivity contribution in [2.45, 2.75) is 51.3 Å². The molecule has 1 heterocycles. The smallest absolute Gasteiger partial charge is 0.271 e. The highest BCUT2D eigenvalue weighted by atomic mass is 32.1. The molecule has 1 saturated carbocycles. The highest BCUT2D eigenvalue weighted by Crippen LogP contribution is 2.23. The van der Waals surface area contributed by atoms with E-state index < -0.39 is 0 Å². The van der Waals surface area contributed by atoms with E-state index in [1.165, 1.54) is 16.9 Å². The molecule has 4 aromatic rings. The van der Waals surface area contributed by atoms with Crippen LogP contribution in [-0.2, 0) is 6.61 Å². The molecule has 2 atom stereocenters. The Morgan fingerprint density at radius 1 is 0.917 bits per heavy atom. The van der Waals surface area contributed by atoms with Gasteiger partial charge in [0.25, 0.3) is 11.8 Å². The molecule has 1 aliphatic rings. The lowest BCUT2D eigenvalue weighted by Crippen LogP contribution is -2.53. The van der Waals surface area contributed by atoms with Crippen LogP contribution in [0.15, 0.2) is 72.1 Å². The van der Waals surface area contributed by atoms with E-state index >= 15 is 0 Å². The van der Waals surface area contributed by atoms with Gasteiger partial charge in [-0.3, -0.25) is 9.59 Å². The SMILES string of the molecule is Cc1ccc(OCc2nc(C(=O)NC3CCCCC3NC(=O)c3cccc4ccccc34)cs2)cc1. The van der Waals surface area contributed by atoms with E-state index in [0.29, 0.717) is 17.9 Å². The molecule has 7 heteroatoms. The lowest BCUT2D eigenvalue weighted by atomic mass is 9.89. The van der Waals surface area contributed by atoms with Gasteiger partial charge in [0.05, 0.1) is 0 Å². The highest BCUT2D eigenvalue weighted by Gasteiger charge is 2.29. The lowest BCUT2D eigenvalue weighted by molar-refractivity contribution is 0.0861. The molecule has 1 aromatic heterocycles. The van der Waals surface area contributed by atoms with E-state index in [0.717, 1.165) is 47.2 Å². The number of aromatic nitrogens is 1. The zero-order valence-corrected chi connectivity index (χ0v) is 21.0. The fourth-order valence-electron chi connectivity index (χ4n) is 4.65. The molecule has 3 aromatic carbocycles. The predicted molar refractivity (Wildman–Crippen MR) is 143 cm³/mol. The van der Waals surface area contributed by atoms with Gasteiger partial charge in [0.1, 0.15) is 23.1 Å². The summed E-state index contributed by atoms with van der Waals surface area (Å²) in [6.07, 6.45) is 3.68. The Balaban J connectivity index is 1.21. The molecule has 1 aliphatic carbocycles. The zero-order valence-electron chi connectivity index (χ0n) is 20.2. The van der Waals surface area contributed by atoms with Gasteiger partial charge >= 0.3 is 0 Å². The maximum absolute atomic E-state index is 13.2. The maximum atomic E-state index is 13.2. The number of ether oxygens (including phenoxy) is 1. The Hall–Kier alpha value is -3.71. The number of amides is 2. The highest BCUT2D eigenvalue weighted by molar-refractivity contribution is 7.09. The molecular formula is C29H29N3O3S. The summed E-state index contributed by atoms with van der Waals surface area (Å²) in [5.74, 6) is 0.445. The fourth-order valence-corrected chi connectivity index (χ4v) is 5.33. The second-order valence-corrected chi connectivity index (χ2v) is 10.1. The molecule has 0 bridgehead atoms. The fraction of sp³-hybridized carbons (Fsp3) is 0.276. The van der Waals surface area contributed by atoms with Gasteiger partial charge in [-0.1, -0.05) is 66.9 Å². The van der Waals surface area contributed by atoms with Crippen molar-refractivity contribution in [1.82, 2.24) is 15.6 Å². The van der Waals surface area contributed by atoms with Gasteiger partial charge in [0, 0.05) is 23.0 Å². The van der Waals surface area contributed by atoms with Crippen LogP contribution in [0.2, 0.25) is 0 Å². The third kappa shape index (κ3) is 5.57. The van der Waals surface area contributed by atoms with Crippen LogP contribution in [0.1, 0.15) is 57.1 Å². The number of fused-ring (bicyclic) bond motifs is 1. The number of carbonyl (C=O) groups excluding carboxylic acids is 2. The Bertz CT molecular complexity index is 1360. The summed E-state index contributed by atoms with van der Waals surface area (Å²) in [6.45, 7) is 2.34. The molecule has 0 radical (unpaired) electrons. The van der Waals surface area contributed by atoms with Crippen molar-refractivity contribution in [3.63, 3.8) is 0 Å².